The number of hydrogen-bond donors (Lipinski definition) is 2. The molecule has 2 N–H and O–H groups in total. The Morgan fingerprint density at radius 1 is 1.20 bits per heavy atom. The zero-order valence-electron chi connectivity index (χ0n) is 13.6. The Bertz CT molecular complexity index is 929. The van der Waals surface area contributed by atoms with Crippen LogP contribution in [0.3, 0.4) is 0 Å². The fraction of sp³-hybridized carbons (Fsp3) is 0.263. The molecule has 1 aromatic heterocycles. The van der Waals surface area contributed by atoms with Crippen molar-refractivity contribution in [3.8, 4) is 5.75 Å². The minimum Gasteiger partial charge on any atom is -0.508 e. The summed E-state index contributed by atoms with van der Waals surface area (Å²) >= 11 is 6.03. The van der Waals surface area contributed by atoms with Crippen molar-refractivity contribution in [3.63, 3.8) is 0 Å². The molecule has 1 aliphatic heterocycles. The molecule has 0 atom stereocenters. The molecule has 1 saturated heterocycles. The van der Waals surface area contributed by atoms with Crippen LogP contribution in [0.15, 0.2) is 42.5 Å². The third-order valence-electron chi connectivity index (χ3n) is 4.72. The number of phenolic OH excluding ortho intramolecular Hbond substituents is 1. The van der Waals surface area contributed by atoms with Crippen molar-refractivity contribution in [3.05, 3.63) is 58.9 Å². The minimum absolute atomic E-state index is 0.0364. The molecule has 2 aromatic carbocycles. The van der Waals surface area contributed by atoms with E-state index < -0.39 is 0 Å². The van der Waals surface area contributed by atoms with Gasteiger partial charge in [0.1, 0.15) is 11.6 Å². The van der Waals surface area contributed by atoms with Gasteiger partial charge in [-0.2, -0.15) is 0 Å². The number of amides is 1. The van der Waals surface area contributed by atoms with Gasteiger partial charge in [0, 0.05) is 29.6 Å². The fourth-order valence-electron chi connectivity index (χ4n) is 3.37. The van der Waals surface area contributed by atoms with Gasteiger partial charge in [-0.25, -0.2) is 4.98 Å². The Morgan fingerprint density at radius 3 is 2.76 bits per heavy atom. The van der Waals surface area contributed by atoms with Gasteiger partial charge < -0.3 is 15.0 Å². The van der Waals surface area contributed by atoms with Gasteiger partial charge in [-0.05, 0) is 49.2 Å². The van der Waals surface area contributed by atoms with E-state index in [1.807, 2.05) is 23.1 Å². The van der Waals surface area contributed by atoms with E-state index in [1.54, 1.807) is 18.2 Å². The molecule has 1 amide bonds. The van der Waals surface area contributed by atoms with Crippen LogP contribution in [0.5, 0.6) is 5.75 Å². The lowest BCUT2D eigenvalue weighted by Gasteiger charge is -2.31. The van der Waals surface area contributed by atoms with E-state index in [4.69, 9.17) is 11.6 Å². The highest BCUT2D eigenvalue weighted by molar-refractivity contribution is 6.31. The van der Waals surface area contributed by atoms with Crippen LogP contribution in [-0.2, 0) is 0 Å². The summed E-state index contributed by atoms with van der Waals surface area (Å²) < 4.78 is 0. The topological polar surface area (TPSA) is 69.2 Å². The van der Waals surface area contributed by atoms with Crippen molar-refractivity contribution in [2.24, 2.45) is 0 Å². The number of aromatic nitrogens is 2. The van der Waals surface area contributed by atoms with Crippen LogP contribution >= 0.6 is 11.6 Å². The van der Waals surface area contributed by atoms with Crippen LogP contribution < -0.4 is 0 Å². The number of aromatic amines is 1. The van der Waals surface area contributed by atoms with Gasteiger partial charge in [-0.3, -0.25) is 4.79 Å². The number of rotatable bonds is 2. The normalized spacial score (nSPS) is 15.6. The standard InChI is InChI=1S/C19H18ClN3O2/c20-14-4-5-16-17(11-14)22-18(21-16)12-6-8-23(9-7-12)19(25)13-2-1-3-15(24)10-13/h1-5,10-12,24H,6-9H2,(H,21,22). The summed E-state index contributed by atoms with van der Waals surface area (Å²) in [6.07, 6.45) is 1.72. The molecule has 0 bridgehead atoms. The number of halogens is 1. The number of carbonyl (C=O) groups is 1. The molecule has 128 valence electrons. The Morgan fingerprint density at radius 2 is 2.00 bits per heavy atom. The average molecular weight is 356 g/mol. The third kappa shape index (κ3) is 3.20. The van der Waals surface area contributed by atoms with E-state index in [2.05, 4.69) is 9.97 Å². The van der Waals surface area contributed by atoms with E-state index in [1.165, 1.54) is 6.07 Å². The number of carbonyl (C=O) groups excluding carboxylic acids is 1. The lowest BCUT2D eigenvalue weighted by Crippen LogP contribution is -2.38. The van der Waals surface area contributed by atoms with Crippen molar-refractivity contribution in [1.29, 1.82) is 0 Å². The van der Waals surface area contributed by atoms with Crippen molar-refractivity contribution in [1.82, 2.24) is 14.9 Å². The van der Waals surface area contributed by atoms with E-state index in [0.29, 0.717) is 29.6 Å². The number of H-pyrrole nitrogens is 1. The summed E-state index contributed by atoms with van der Waals surface area (Å²) in [4.78, 5) is 22.4. The predicted octanol–water partition coefficient (Wildman–Crippen LogP) is 3.94. The predicted molar refractivity (Wildman–Crippen MR) is 97.1 cm³/mol. The van der Waals surface area contributed by atoms with Gasteiger partial charge in [0.25, 0.3) is 5.91 Å². The summed E-state index contributed by atoms with van der Waals surface area (Å²) in [5, 5.41) is 10.2. The molecular weight excluding hydrogens is 338 g/mol. The van der Waals surface area contributed by atoms with Gasteiger partial charge in [-0.1, -0.05) is 17.7 Å². The first-order valence-electron chi connectivity index (χ1n) is 8.33. The van der Waals surface area contributed by atoms with Crippen molar-refractivity contribution >= 4 is 28.5 Å². The first kappa shape index (κ1) is 16.0. The maximum atomic E-state index is 12.6. The fourth-order valence-corrected chi connectivity index (χ4v) is 3.54. The van der Waals surface area contributed by atoms with Crippen molar-refractivity contribution in [2.45, 2.75) is 18.8 Å². The number of hydrogen-bond acceptors (Lipinski definition) is 3. The molecule has 25 heavy (non-hydrogen) atoms. The molecule has 4 rings (SSSR count). The van der Waals surface area contributed by atoms with Gasteiger partial charge in [0.2, 0.25) is 0 Å². The highest BCUT2D eigenvalue weighted by Gasteiger charge is 2.26. The quantitative estimate of drug-likeness (QED) is 0.731. The van der Waals surface area contributed by atoms with Crippen molar-refractivity contribution < 1.29 is 9.90 Å². The Hall–Kier alpha value is -2.53. The Labute approximate surface area is 150 Å². The minimum atomic E-state index is -0.0364. The number of piperidine rings is 1. The zero-order chi connectivity index (χ0) is 17.4. The summed E-state index contributed by atoms with van der Waals surface area (Å²) in [6.45, 7) is 1.36. The van der Waals surface area contributed by atoms with Crippen LogP contribution in [-0.4, -0.2) is 39.0 Å². The highest BCUT2D eigenvalue weighted by Crippen LogP contribution is 2.29. The first-order chi connectivity index (χ1) is 12.1. The monoisotopic (exact) mass is 355 g/mol. The molecule has 0 saturated carbocycles. The molecule has 0 radical (unpaired) electrons. The second-order valence-corrected chi connectivity index (χ2v) is 6.84. The SMILES string of the molecule is O=C(c1cccc(O)c1)N1CCC(c2nc3ccc(Cl)cc3[nH]2)CC1. The summed E-state index contributed by atoms with van der Waals surface area (Å²) in [6, 6.07) is 12.1. The van der Waals surface area contributed by atoms with Gasteiger partial charge in [-0.15, -0.1) is 0 Å². The molecule has 1 fully saturated rings. The van der Waals surface area contributed by atoms with E-state index in [0.717, 1.165) is 29.7 Å². The van der Waals surface area contributed by atoms with Crippen LogP contribution in [0.1, 0.15) is 34.9 Å². The van der Waals surface area contributed by atoms with E-state index in [-0.39, 0.29) is 11.7 Å². The number of aromatic hydroxyl groups is 1. The second kappa shape index (κ2) is 6.41. The zero-order valence-corrected chi connectivity index (χ0v) is 14.3. The number of benzene rings is 2. The molecule has 0 spiro atoms. The Balaban J connectivity index is 1.46. The number of phenols is 1. The molecular formula is C19H18ClN3O2. The van der Waals surface area contributed by atoms with Gasteiger partial charge >= 0.3 is 0 Å². The lowest BCUT2D eigenvalue weighted by molar-refractivity contribution is 0.0711. The maximum absolute atomic E-state index is 12.6. The van der Waals surface area contributed by atoms with E-state index >= 15 is 0 Å². The molecule has 0 unspecified atom stereocenters. The molecule has 6 heteroatoms. The highest BCUT2D eigenvalue weighted by atomic mass is 35.5. The molecule has 3 aromatic rings. The summed E-state index contributed by atoms with van der Waals surface area (Å²) in [5.41, 5.74) is 2.38. The maximum Gasteiger partial charge on any atom is 0.253 e. The molecule has 5 nitrogen and oxygen atoms in total. The van der Waals surface area contributed by atoms with Gasteiger partial charge in [0.05, 0.1) is 11.0 Å². The van der Waals surface area contributed by atoms with Crippen LogP contribution in [0.2, 0.25) is 5.02 Å². The Kier molecular flexibility index (Phi) is 4.09. The first-order valence-corrected chi connectivity index (χ1v) is 8.71. The smallest absolute Gasteiger partial charge is 0.253 e. The van der Waals surface area contributed by atoms with Crippen LogP contribution in [0, 0.1) is 0 Å². The van der Waals surface area contributed by atoms with Crippen molar-refractivity contribution in [2.75, 3.05) is 13.1 Å². The third-order valence-corrected chi connectivity index (χ3v) is 4.96. The number of nitrogens with one attached hydrogen (secondary N) is 1. The summed E-state index contributed by atoms with van der Waals surface area (Å²) in [5.74, 6) is 1.34. The van der Waals surface area contributed by atoms with Crippen LogP contribution in [0.4, 0.5) is 0 Å². The molecule has 1 aliphatic rings. The summed E-state index contributed by atoms with van der Waals surface area (Å²) in [7, 11) is 0. The number of imidazole rings is 1. The number of likely N-dealkylation sites (tertiary alicyclic amines) is 1. The van der Waals surface area contributed by atoms with Gasteiger partial charge in [0.15, 0.2) is 0 Å². The number of nitrogens with zero attached hydrogens (tertiary/aromatic N) is 2. The second-order valence-electron chi connectivity index (χ2n) is 6.40. The number of fused-ring (bicyclic) bond motifs is 1. The molecule has 0 aliphatic carbocycles. The largest absolute Gasteiger partial charge is 0.508 e. The molecule has 2 heterocycles. The van der Waals surface area contributed by atoms with Crippen LogP contribution in [0.25, 0.3) is 11.0 Å². The average Bonchev–Trinajstić information content (AvgIpc) is 3.04. The lowest BCUT2D eigenvalue weighted by atomic mass is 9.95. The van der Waals surface area contributed by atoms with E-state index in [9.17, 15) is 9.90 Å².